The molecule has 0 aromatic rings. The number of hydrogen-bond acceptors (Lipinski definition) is 2. The van der Waals surface area contributed by atoms with Crippen LogP contribution in [0.2, 0.25) is 0 Å². The van der Waals surface area contributed by atoms with Crippen LogP contribution in [0, 0.1) is 0 Å². The van der Waals surface area contributed by atoms with Gasteiger partial charge in [-0.05, 0) is 32.1 Å². The molecule has 2 aliphatic rings. The van der Waals surface area contributed by atoms with Gasteiger partial charge in [0.1, 0.15) is 5.54 Å². The van der Waals surface area contributed by atoms with E-state index in [2.05, 4.69) is 0 Å². The third kappa shape index (κ3) is 1.87. The Morgan fingerprint density at radius 1 is 1.24 bits per heavy atom. The second-order valence-corrected chi connectivity index (χ2v) is 4.59. The van der Waals surface area contributed by atoms with Crippen molar-refractivity contribution in [2.45, 2.75) is 49.9 Å². The Balaban J connectivity index is 2.29. The van der Waals surface area contributed by atoms with Crippen molar-refractivity contribution in [1.29, 1.82) is 0 Å². The SMILES string of the molecule is O=C(N(C1CC1)C1(C(=O)O)CCC1)C(F)(F)F. The maximum Gasteiger partial charge on any atom is 0.471 e. The van der Waals surface area contributed by atoms with Crippen molar-refractivity contribution in [1.82, 2.24) is 4.90 Å². The highest BCUT2D eigenvalue weighted by atomic mass is 19.4. The van der Waals surface area contributed by atoms with Crippen LogP contribution in [0.25, 0.3) is 0 Å². The van der Waals surface area contributed by atoms with Crippen LogP contribution in [-0.2, 0) is 9.59 Å². The van der Waals surface area contributed by atoms with Gasteiger partial charge in [0.25, 0.3) is 0 Å². The van der Waals surface area contributed by atoms with E-state index >= 15 is 0 Å². The molecule has 0 spiro atoms. The number of carbonyl (C=O) groups is 2. The van der Waals surface area contributed by atoms with Gasteiger partial charge in [0, 0.05) is 6.04 Å². The molecule has 1 amide bonds. The Kier molecular flexibility index (Phi) is 2.59. The van der Waals surface area contributed by atoms with Crippen LogP contribution in [-0.4, -0.2) is 39.6 Å². The molecule has 0 aliphatic heterocycles. The molecule has 2 aliphatic carbocycles. The van der Waals surface area contributed by atoms with Gasteiger partial charge in [-0.1, -0.05) is 0 Å². The fraction of sp³-hybridized carbons (Fsp3) is 0.800. The molecule has 96 valence electrons. The standard InChI is InChI=1S/C10H12F3NO3/c11-10(12,13)7(15)14(6-2-3-6)9(8(16)17)4-1-5-9/h6H,1-5H2,(H,16,17). The molecular weight excluding hydrogens is 239 g/mol. The fourth-order valence-electron chi connectivity index (χ4n) is 2.25. The zero-order chi connectivity index (χ0) is 12.8. The summed E-state index contributed by atoms with van der Waals surface area (Å²) in [4.78, 5) is 23.0. The maximum atomic E-state index is 12.5. The van der Waals surface area contributed by atoms with Gasteiger partial charge in [0.05, 0.1) is 0 Å². The average molecular weight is 251 g/mol. The van der Waals surface area contributed by atoms with E-state index in [1.54, 1.807) is 0 Å². The molecule has 0 aromatic heterocycles. The van der Waals surface area contributed by atoms with Gasteiger partial charge in [-0.15, -0.1) is 0 Å². The first kappa shape index (κ1) is 12.2. The summed E-state index contributed by atoms with van der Waals surface area (Å²) in [6.07, 6.45) is -3.32. The molecule has 2 rings (SSSR count). The fourth-order valence-corrected chi connectivity index (χ4v) is 2.25. The summed E-state index contributed by atoms with van der Waals surface area (Å²) in [6, 6.07) is -0.555. The Morgan fingerprint density at radius 2 is 1.76 bits per heavy atom. The first-order valence-electron chi connectivity index (χ1n) is 5.43. The second-order valence-electron chi connectivity index (χ2n) is 4.59. The number of halogens is 3. The first-order chi connectivity index (χ1) is 7.79. The molecule has 2 saturated carbocycles. The summed E-state index contributed by atoms with van der Waals surface area (Å²) in [7, 11) is 0. The van der Waals surface area contributed by atoms with E-state index < -0.39 is 29.6 Å². The van der Waals surface area contributed by atoms with Crippen molar-refractivity contribution in [2.75, 3.05) is 0 Å². The van der Waals surface area contributed by atoms with Crippen LogP contribution < -0.4 is 0 Å². The van der Waals surface area contributed by atoms with Crippen LogP contribution in [0.15, 0.2) is 0 Å². The largest absolute Gasteiger partial charge is 0.479 e. The van der Waals surface area contributed by atoms with Crippen molar-refractivity contribution in [2.24, 2.45) is 0 Å². The Hall–Kier alpha value is -1.27. The Morgan fingerprint density at radius 3 is 2.00 bits per heavy atom. The summed E-state index contributed by atoms with van der Waals surface area (Å²) in [5.74, 6) is -3.34. The molecule has 0 unspecified atom stereocenters. The van der Waals surface area contributed by atoms with Crippen LogP contribution in [0.5, 0.6) is 0 Å². The number of alkyl halides is 3. The third-order valence-corrected chi connectivity index (χ3v) is 3.41. The van der Waals surface area contributed by atoms with Crippen molar-refractivity contribution in [3.8, 4) is 0 Å². The molecule has 2 fully saturated rings. The lowest BCUT2D eigenvalue weighted by Gasteiger charge is -2.47. The quantitative estimate of drug-likeness (QED) is 0.827. The zero-order valence-corrected chi connectivity index (χ0v) is 8.96. The smallest absolute Gasteiger partial charge is 0.471 e. The van der Waals surface area contributed by atoms with Gasteiger partial charge in [-0.3, -0.25) is 4.79 Å². The number of rotatable bonds is 3. The summed E-state index contributed by atoms with van der Waals surface area (Å²) < 4.78 is 37.4. The van der Waals surface area contributed by atoms with Crippen molar-refractivity contribution < 1.29 is 27.9 Å². The molecule has 0 atom stereocenters. The Labute approximate surface area is 95.4 Å². The molecular formula is C10H12F3NO3. The van der Waals surface area contributed by atoms with Crippen molar-refractivity contribution in [3.63, 3.8) is 0 Å². The molecule has 4 nitrogen and oxygen atoms in total. The number of carboxylic acid groups (broad SMARTS) is 1. The second kappa shape index (κ2) is 3.61. The highest BCUT2D eigenvalue weighted by molar-refractivity contribution is 5.91. The van der Waals surface area contributed by atoms with E-state index in [-0.39, 0.29) is 12.8 Å². The summed E-state index contributed by atoms with van der Waals surface area (Å²) >= 11 is 0. The minimum atomic E-state index is -5.00. The lowest BCUT2D eigenvalue weighted by atomic mass is 9.75. The molecule has 0 bridgehead atoms. The Bertz CT molecular complexity index is 358. The van der Waals surface area contributed by atoms with Gasteiger partial charge in [0.15, 0.2) is 0 Å². The van der Waals surface area contributed by atoms with Gasteiger partial charge < -0.3 is 10.0 Å². The van der Waals surface area contributed by atoms with Gasteiger partial charge in [-0.2, -0.15) is 13.2 Å². The van der Waals surface area contributed by atoms with Crippen molar-refractivity contribution in [3.05, 3.63) is 0 Å². The highest BCUT2D eigenvalue weighted by Crippen LogP contribution is 2.45. The predicted molar refractivity (Wildman–Crippen MR) is 50.1 cm³/mol. The summed E-state index contributed by atoms with van der Waals surface area (Å²) in [6.45, 7) is 0. The van der Waals surface area contributed by atoms with E-state index in [4.69, 9.17) is 5.11 Å². The zero-order valence-electron chi connectivity index (χ0n) is 8.96. The highest BCUT2D eigenvalue weighted by Gasteiger charge is 2.60. The lowest BCUT2D eigenvalue weighted by Crippen LogP contribution is -2.64. The molecule has 0 radical (unpaired) electrons. The van der Waals surface area contributed by atoms with E-state index in [0.717, 1.165) is 0 Å². The van der Waals surface area contributed by atoms with Crippen LogP contribution in [0.4, 0.5) is 13.2 Å². The number of amides is 1. The third-order valence-electron chi connectivity index (χ3n) is 3.41. The normalized spacial score (nSPS) is 22.8. The molecule has 0 aromatic carbocycles. The number of carboxylic acids is 1. The molecule has 7 heteroatoms. The van der Waals surface area contributed by atoms with E-state index in [1.807, 2.05) is 0 Å². The monoisotopic (exact) mass is 251 g/mol. The number of nitrogens with zero attached hydrogens (tertiary/aromatic N) is 1. The minimum Gasteiger partial charge on any atom is -0.479 e. The summed E-state index contributed by atoms with van der Waals surface area (Å²) in [5.41, 5.74) is -1.62. The van der Waals surface area contributed by atoms with Crippen LogP contribution in [0.1, 0.15) is 32.1 Å². The predicted octanol–water partition coefficient (Wildman–Crippen LogP) is 1.55. The number of carbonyl (C=O) groups excluding carboxylic acids is 1. The first-order valence-corrected chi connectivity index (χ1v) is 5.43. The number of aliphatic carboxylic acids is 1. The molecule has 0 saturated heterocycles. The van der Waals surface area contributed by atoms with Gasteiger partial charge >= 0.3 is 18.1 Å². The minimum absolute atomic E-state index is 0.112. The lowest BCUT2D eigenvalue weighted by molar-refractivity contribution is -0.200. The maximum absolute atomic E-state index is 12.5. The summed E-state index contributed by atoms with van der Waals surface area (Å²) in [5, 5.41) is 9.08. The molecule has 1 N–H and O–H groups in total. The topological polar surface area (TPSA) is 57.6 Å². The molecule has 0 heterocycles. The van der Waals surface area contributed by atoms with Gasteiger partial charge in [0.2, 0.25) is 0 Å². The average Bonchev–Trinajstić information content (AvgIpc) is 2.90. The van der Waals surface area contributed by atoms with Crippen molar-refractivity contribution >= 4 is 11.9 Å². The van der Waals surface area contributed by atoms with Gasteiger partial charge in [-0.25, -0.2) is 4.79 Å². The molecule has 17 heavy (non-hydrogen) atoms. The number of hydrogen-bond donors (Lipinski definition) is 1. The van der Waals surface area contributed by atoms with E-state index in [1.165, 1.54) is 0 Å². The van der Waals surface area contributed by atoms with E-state index in [9.17, 15) is 22.8 Å². The van der Waals surface area contributed by atoms with E-state index in [0.29, 0.717) is 24.2 Å². The van der Waals surface area contributed by atoms with Crippen LogP contribution >= 0.6 is 0 Å². The van der Waals surface area contributed by atoms with Crippen LogP contribution in [0.3, 0.4) is 0 Å².